The zero-order valence-electron chi connectivity index (χ0n) is 11.9. The van der Waals surface area contributed by atoms with Crippen LogP contribution in [0.2, 0.25) is 0 Å². The van der Waals surface area contributed by atoms with Gasteiger partial charge in [0.15, 0.2) is 0 Å². The van der Waals surface area contributed by atoms with E-state index in [9.17, 15) is 10.1 Å². The van der Waals surface area contributed by atoms with Crippen molar-refractivity contribution in [2.45, 2.75) is 26.8 Å². The maximum absolute atomic E-state index is 11.2. The predicted octanol–water partition coefficient (Wildman–Crippen LogP) is 3.71. The van der Waals surface area contributed by atoms with Gasteiger partial charge in [-0.15, -0.1) is 11.3 Å². The van der Waals surface area contributed by atoms with E-state index in [1.165, 1.54) is 6.07 Å². The summed E-state index contributed by atoms with van der Waals surface area (Å²) >= 11 is 1.56. The molecule has 1 unspecified atom stereocenters. The van der Waals surface area contributed by atoms with Crippen LogP contribution in [0.1, 0.15) is 34.1 Å². The molecule has 0 spiro atoms. The third-order valence-corrected chi connectivity index (χ3v) is 4.30. The topological polar surface area (TPSA) is 91.8 Å². The molecule has 1 atom stereocenters. The molecule has 0 saturated carbocycles. The Morgan fingerprint density at radius 2 is 2.19 bits per heavy atom. The van der Waals surface area contributed by atoms with Crippen molar-refractivity contribution in [2.24, 2.45) is 0 Å². The van der Waals surface area contributed by atoms with Crippen molar-refractivity contribution < 1.29 is 4.92 Å². The van der Waals surface area contributed by atoms with E-state index >= 15 is 0 Å². The number of hydrogen-bond acceptors (Lipinski definition) is 6. The summed E-state index contributed by atoms with van der Waals surface area (Å²) in [6.45, 7) is 5.76. The number of nitriles is 1. The number of thiazole rings is 1. The van der Waals surface area contributed by atoms with Gasteiger partial charge in [0.05, 0.1) is 21.7 Å². The lowest BCUT2D eigenvalue weighted by atomic mass is 10.1. The summed E-state index contributed by atoms with van der Waals surface area (Å²) in [6.07, 6.45) is 0. The highest BCUT2D eigenvalue weighted by molar-refractivity contribution is 7.11. The molecular formula is C14H14N4O2S. The summed E-state index contributed by atoms with van der Waals surface area (Å²) in [7, 11) is 0. The number of nitrogens with zero attached hydrogens (tertiary/aromatic N) is 3. The molecule has 2 rings (SSSR count). The molecule has 1 aromatic heterocycles. The summed E-state index contributed by atoms with van der Waals surface area (Å²) in [5.74, 6) is 0. The van der Waals surface area contributed by atoms with Crippen molar-refractivity contribution in [1.29, 1.82) is 5.26 Å². The maximum atomic E-state index is 11.2. The molecule has 1 N–H and O–H groups in total. The standard InChI is InChI=1S/C14H14N4O2S/c1-8-14(21-10(3)16-8)9(2)17-12-6-4-5-11(7-15)13(12)18(19)20/h4-6,9,17H,1-3H3. The van der Waals surface area contributed by atoms with Crippen LogP contribution in [0.5, 0.6) is 0 Å². The first-order valence-electron chi connectivity index (χ1n) is 6.32. The Morgan fingerprint density at radius 1 is 1.48 bits per heavy atom. The van der Waals surface area contributed by atoms with Crippen LogP contribution in [-0.2, 0) is 0 Å². The molecular weight excluding hydrogens is 288 g/mol. The van der Waals surface area contributed by atoms with Crippen molar-refractivity contribution in [3.63, 3.8) is 0 Å². The number of nitro benzene ring substituents is 1. The molecule has 0 aliphatic heterocycles. The minimum Gasteiger partial charge on any atom is -0.372 e. The lowest BCUT2D eigenvalue weighted by Crippen LogP contribution is -2.09. The van der Waals surface area contributed by atoms with Gasteiger partial charge in [-0.2, -0.15) is 5.26 Å². The average molecular weight is 302 g/mol. The highest BCUT2D eigenvalue weighted by Gasteiger charge is 2.22. The highest BCUT2D eigenvalue weighted by Crippen LogP contribution is 2.33. The molecule has 0 radical (unpaired) electrons. The Hall–Kier alpha value is -2.46. The molecule has 1 heterocycles. The van der Waals surface area contributed by atoms with E-state index in [-0.39, 0.29) is 17.3 Å². The van der Waals surface area contributed by atoms with Gasteiger partial charge in [-0.1, -0.05) is 6.07 Å². The maximum Gasteiger partial charge on any atom is 0.309 e. The summed E-state index contributed by atoms with van der Waals surface area (Å²) in [5.41, 5.74) is 1.12. The van der Waals surface area contributed by atoms with Gasteiger partial charge in [-0.25, -0.2) is 4.98 Å². The van der Waals surface area contributed by atoms with Gasteiger partial charge in [0.25, 0.3) is 0 Å². The Balaban J connectivity index is 2.38. The quantitative estimate of drug-likeness (QED) is 0.686. The van der Waals surface area contributed by atoms with E-state index in [0.29, 0.717) is 5.69 Å². The first kappa shape index (κ1) is 14.9. The third kappa shape index (κ3) is 3.01. The lowest BCUT2D eigenvalue weighted by Gasteiger charge is -2.14. The van der Waals surface area contributed by atoms with Crippen LogP contribution in [0.4, 0.5) is 11.4 Å². The van der Waals surface area contributed by atoms with E-state index in [0.717, 1.165) is 15.6 Å². The van der Waals surface area contributed by atoms with Crippen LogP contribution in [0.3, 0.4) is 0 Å². The van der Waals surface area contributed by atoms with Gasteiger partial charge in [-0.05, 0) is 32.9 Å². The zero-order chi connectivity index (χ0) is 15.6. The van der Waals surface area contributed by atoms with Crippen LogP contribution in [0.15, 0.2) is 18.2 Å². The van der Waals surface area contributed by atoms with Crippen LogP contribution >= 0.6 is 11.3 Å². The first-order chi connectivity index (χ1) is 9.93. The molecule has 6 nitrogen and oxygen atoms in total. The number of benzene rings is 1. The van der Waals surface area contributed by atoms with Crippen molar-refractivity contribution in [3.05, 3.63) is 49.5 Å². The van der Waals surface area contributed by atoms with Crippen molar-refractivity contribution in [3.8, 4) is 6.07 Å². The van der Waals surface area contributed by atoms with Gasteiger partial charge in [0.1, 0.15) is 17.3 Å². The van der Waals surface area contributed by atoms with Gasteiger partial charge < -0.3 is 5.32 Å². The SMILES string of the molecule is Cc1nc(C)c(C(C)Nc2cccc(C#N)c2[N+](=O)[O-])s1. The first-order valence-corrected chi connectivity index (χ1v) is 7.13. The van der Waals surface area contributed by atoms with Crippen LogP contribution in [-0.4, -0.2) is 9.91 Å². The molecule has 0 amide bonds. The van der Waals surface area contributed by atoms with Gasteiger partial charge >= 0.3 is 5.69 Å². The zero-order valence-corrected chi connectivity index (χ0v) is 12.7. The highest BCUT2D eigenvalue weighted by atomic mass is 32.1. The molecule has 0 saturated heterocycles. The number of nitro groups is 1. The fraction of sp³-hybridized carbons (Fsp3) is 0.286. The summed E-state index contributed by atoms with van der Waals surface area (Å²) < 4.78 is 0. The molecule has 7 heteroatoms. The largest absolute Gasteiger partial charge is 0.372 e. The molecule has 0 aliphatic carbocycles. The molecule has 0 bridgehead atoms. The molecule has 108 valence electrons. The fourth-order valence-corrected chi connectivity index (χ4v) is 3.12. The van der Waals surface area contributed by atoms with Crippen LogP contribution < -0.4 is 5.32 Å². The third-order valence-electron chi connectivity index (χ3n) is 3.04. The summed E-state index contributed by atoms with van der Waals surface area (Å²) in [6, 6.07) is 6.41. The number of para-hydroxylation sites is 1. The van der Waals surface area contributed by atoms with Crippen molar-refractivity contribution >= 4 is 22.7 Å². The van der Waals surface area contributed by atoms with Gasteiger partial charge in [-0.3, -0.25) is 10.1 Å². The Kier molecular flexibility index (Phi) is 4.19. The Bertz CT molecular complexity index is 733. The van der Waals surface area contributed by atoms with E-state index in [2.05, 4.69) is 10.3 Å². The normalized spacial score (nSPS) is 11.7. The second kappa shape index (κ2) is 5.89. The molecule has 0 aliphatic rings. The number of anilines is 1. The van der Waals surface area contributed by atoms with Crippen LogP contribution in [0, 0.1) is 35.3 Å². The van der Waals surface area contributed by atoms with Gasteiger partial charge in [0.2, 0.25) is 0 Å². The molecule has 1 aromatic carbocycles. The number of aromatic nitrogens is 1. The lowest BCUT2D eigenvalue weighted by molar-refractivity contribution is -0.384. The second-order valence-corrected chi connectivity index (χ2v) is 5.85. The van der Waals surface area contributed by atoms with Crippen molar-refractivity contribution in [2.75, 3.05) is 5.32 Å². The van der Waals surface area contributed by atoms with Crippen molar-refractivity contribution in [1.82, 2.24) is 4.98 Å². The van der Waals surface area contributed by atoms with E-state index in [1.807, 2.05) is 26.8 Å². The monoisotopic (exact) mass is 302 g/mol. The number of rotatable bonds is 4. The minimum absolute atomic E-state index is 0.0504. The minimum atomic E-state index is -0.529. The molecule has 0 fully saturated rings. The van der Waals surface area contributed by atoms with E-state index in [4.69, 9.17) is 5.26 Å². The Morgan fingerprint density at radius 3 is 2.71 bits per heavy atom. The number of hydrogen-bond donors (Lipinski definition) is 1. The van der Waals surface area contributed by atoms with E-state index in [1.54, 1.807) is 23.5 Å². The average Bonchev–Trinajstić information content (AvgIpc) is 2.77. The fourth-order valence-electron chi connectivity index (χ4n) is 2.19. The number of aryl methyl sites for hydroxylation is 2. The predicted molar refractivity (Wildman–Crippen MR) is 81.4 cm³/mol. The van der Waals surface area contributed by atoms with Crippen LogP contribution in [0.25, 0.3) is 0 Å². The molecule has 2 aromatic rings. The number of nitrogens with one attached hydrogen (secondary N) is 1. The summed E-state index contributed by atoms with van der Waals surface area (Å²) in [4.78, 5) is 16.1. The van der Waals surface area contributed by atoms with Gasteiger partial charge in [0, 0.05) is 4.88 Å². The molecule has 21 heavy (non-hydrogen) atoms. The second-order valence-electron chi connectivity index (χ2n) is 4.62. The smallest absolute Gasteiger partial charge is 0.309 e. The van der Waals surface area contributed by atoms with E-state index < -0.39 is 4.92 Å². The Labute approximate surface area is 126 Å². The summed E-state index contributed by atoms with van der Waals surface area (Å²) in [5, 5.41) is 24.3.